The molecule has 1 aromatic heterocycles. The van der Waals surface area contributed by atoms with E-state index in [1.807, 2.05) is 12.1 Å². The van der Waals surface area contributed by atoms with Crippen LogP contribution in [-0.4, -0.2) is 16.3 Å². The summed E-state index contributed by atoms with van der Waals surface area (Å²) >= 11 is 0. The summed E-state index contributed by atoms with van der Waals surface area (Å²) in [7, 11) is 0. The van der Waals surface area contributed by atoms with Gasteiger partial charge in [-0.3, -0.25) is 0 Å². The molecule has 0 spiro atoms. The molecule has 0 radical (unpaired) electrons. The molecule has 1 aromatic carbocycles. The molecule has 0 unspecified atom stereocenters. The summed E-state index contributed by atoms with van der Waals surface area (Å²) < 4.78 is 38.4. The number of hydrogen-bond acceptors (Lipinski definition) is 2. The van der Waals surface area contributed by atoms with Gasteiger partial charge in [-0.1, -0.05) is 12.1 Å². The SMILES string of the molecule is NCCc1ccc(-n2cc(C(F)(F)F)cn2)cc1. The van der Waals surface area contributed by atoms with Crippen LogP contribution in [0.3, 0.4) is 0 Å². The zero-order chi connectivity index (χ0) is 13.2. The number of hydrogen-bond donors (Lipinski definition) is 1. The van der Waals surface area contributed by atoms with Gasteiger partial charge in [-0.05, 0) is 30.7 Å². The van der Waals surface area contributed by atoms with Crippen LogP contribution < -0.4 is 5.73 Å². The van der Waals surface area contributed by atoms with E-state index in [0.717, 1.165) is 24.4 Å². The second kappa shape index (κ2) is 4.81. The number of halogens is 3. The molecule has 0 aliphatic carbocycles. The van der Waals surface area contributed by atoms with Gasteiger partial charge in [0.25, 0.3) is 0 Å². The van der Waals surface area contributed by atoms with Crippen molar-refractivity contribution >= 4 is 0 Å². The van der Waals surface area contributed by atoms with Crippen molar-refractivity contribution in [2.75, 3.05) is 6.54 Å². The first-order chi connectivity index (χ1) is 8.50. The van der Waals surface area contributed by atoms with Gasteiger partial charge in [0.2, 0.25) is 0 Å². The summed E-state index contributed by atoms with van der Waals surface area (Å²) in [6, 6.07) is 7.10. The quantitative estimate of drug-likeness (QED) is 0.915. The molecule has 1 heterocycles. The maximum absolute atomic E-state index is 12.4. The first-order valence-electron chi connectivity index (χ1n) is 5.42. The Bertz CT molecular complexity index is 514. The Labute approximate surface area is 102 Å². The minimum absolute atomic E-state index is 0.541. The minimum atomic E-state index is -4.36. The van der Waals surface area contributed by atoms with Gasteiger partial charge in [0.15, 0.2) is 0 Å². The van der Waals surface area contributed by atoms with Crippen molar-refractivity contribution < 1.29 is 13.2 Å². The highest BCUT2D eigenvalue weighted by Gasteiger charge is 2.32. The van der Waals surface area contributed by atoms with Gasteiger partial charge in [-0.25, -0.2) is 4.68 Å². The molecule has 18 heavy (non-hydrogen) atoms. The Kier molecular flexibility index (Phi) is 3.38. The van der Waals surface area contributed by atoms with Crippen molar-refractivity contribution in [2.45, 2.75) is 12.6 Å². The van der Waals surface area contributed by atoms with Gasteiger partial charge >= 0.3 is 6.18 Å². The fourth-order valence-corrected chi connectivity index (χ4v) is 1.59. The first-order valence-corrected chi connectivity index (χ1v) is 5.42. The van der Waals surface area contributed by atoms with E-state index >= 15 is 0 Å². The topological polar surface area (TPSA) is 43.8 Å². The number of nitrogens with zero attached hydrogens (tertiary/aromatic N) is 2. The van der Waals surface area contributed by atoms with E-state index in [1.54, 1.807) is 12.1 Å². The van der Waals surface area contributed by atoms with Crippen molar-refractivity contribution in [2.24, 2.45) is 5.73 Å². The summed E-state index contributed by atoms with van der Waals surface area (Å²) in [5.41, 5.74) is 6.30. The molecule has 0 fully saturated rings. The number of benzene rings is 1. The van der Waals surface area contributed by atoms with E-state index in [0.29, 0.717) is 12.2 Å². The van der Waals surface area contributed by atoms with Gasteiger partial charge in [0.1, 0.15) is 0 Å². The third kappa shape index (κ3) is 2.70. The van der Waals surface area contributed by atoms with Crippen LogP contribution in [-0.2, 0) is 12.6 Å². The summed E-state index contributed by atoms with van der Waals surface area (Å²) in [5.74, 6) is 0. The van der Waals surface area contributed by atoms with E-state index in [2.05, 4.69) is 5.10 Å². The standard InChI is InChI=1S/C12H12F3N3/c13-12(14,15)10-7-17-18(8-10)11-3-1-9(2-4-11)5-6-16/h1-4,7-8H,5-6,16H2. The van der Waals surface area contributed by atoms with Crippen LogP contribution in [0, 0.1) is 0 Å². The second-order valence-electron chi connectivity index (χ2n) is 3.88. The van der Waals surface area contributed by atoms with Crippen LogP contribution in [0.15, 0.2) is 36.7 Å². The molecule has 0 amide bonds. The van der Waals surface area contributed by atoms with Crippen molar-refractivity contribution in [3.8, 4) is 5.69 Å². The average molecular weight is 255 g/mol. The number of alkyl halides is 3. The highest BCUT2D eigenvalue weighted by atomic mass is 19.4. The Balaban J connectivity index is 2.23. The second-order valence-corrected chi connectivity index (χ2v) is 3.88. The molecule has 2 aromatic rings. The summed E-state index contributed by atoms with van der Waals surface area (Å²) in [6.07, 6.45) is -1.84. The predicted octanol–water partition coefficient (Wildman–Crippen LogP) is 2.39. The van der Waals surface area contributed by atoms with E-state index in [9.17, 15) is 13.2 Å². The zero-order valence-corrected chi connectivity index (χ0v) is 9.48. The Morgan fingerprint density at radius 3 is 2.33 bits per heavy atom. The van der Waals surface area contributed by atoms with Crippen LogP contribution in [0.2, 0.25) is 0 Å². The first kappa shape index (κ1) is 12.6. The van der Waals surface area contributed by atoms with Gasteiger partial charge in [0, 0.05) is 6.20 Å². The lowest BCUT2D eigenvalue weighted by Gasteiger charge is -2.04. The molecule has 0 saturated carbocycles. The molecule has 2 N–H and O–H groups in total. The van der Waals surface area contributed by atoms with Crippen molar-refractivity contribution in [1.29, 1.82) is 0 Å². The number of nitrogens with two attached hydrogens (primary N) is 1. The zero-order valence-electron chi connectivity index (χ0n) is 9.48. The van der Waals surface area contributed by atoms with E-state index in [4.69, 9.17) is 5.73 Å². The third-order valence-electron chi connectivity index (χ3n) is 2.54. The number of rotatable bonds is 3. The smallest absolute Gasteiger partial charge is 0.330 e. The molecular formula is C12H12F3N3. The monoisotopic (exact) mass is 255 g/mol. The van der Waals surface area contributed by atoms with Crippen LogP contribution in [0.25, 0.3) is 5.69 Å². The van der Waals surface area contributed by atoms with Crippen LogP contribution in [0.1, 0.15) is 11.1 Å². The normalized spacial score (nSPS) is 11.8. The third-order valence-corrected chi connectivity index (χ3v) is 2.54. The Morgan fingerprint density at radius 1 is 1.17 bits per heavy atom. The van der Waals surface area contributed by atoms with Crippen molar-refractivity contribution in [3.05, 3.63) is 47.8 Å². The van der Waals surface area contributed by atoms with E-state index in [1.165, 1.54) is 4.68 Å². The summed E-state index contributed by atoms with van der Waals surface area (Å²) in [4.78, 5) is 0. The molecule has 2 rings (SSSR count). The van der Waals surface area contributed by atoms with Gasteiger partial charge in [-0.2, -0.15) is 18.3 Å². The highest BCUT2D eigenvalue weighted by molar-refractivity contribution is 5.34. The predicted molar refractivity (Wildman–Crippen MR) is 61.3 cm³/mol. The molecule has 0 saturated heterocycles. The average Bonchev–Trinajstić information content (AvgIpc) is 2.79. The molecule has 0 aliphatic heterocycles. The fourth-order valence-electron chi connectivity index (χ4n) is 1.59. The van der Waals surface area contributed by atoms with Gasteiger partial charge < -0.3 is 5.73 Å². The van der Waals surface area contributed by atoms with E-state index < -0.39 is 11.7 Å². The lowest BCUT2D eigenvalue weighted by atomic mass is 10.1. The van der Waals surface area contributed by atoms with Crippen LogP contribution >= 0.6 is 0 Å². The van der Waals surface area contributed by atoms with Gasteiger partial charge in [0.05, 0.1) is 17.4 Å². The summed E-state index contributed by atoms with van der Waals surface area (Å²) in [6.45, 7) is 0.541. The molecule has 6 heteroatoms. The molecule has 0 aliphatic rings. The highest BCUT2D eigenvalue weighted by Crippen LogP contribution is 2.29. The molecule has 3 nitrogen and oxygen atoms in total. The van der Waals surface area contributed by atoms with Crippen molar-refractivity contribution in [3.63, 3.8) is 0 Å². The Morgan fingerprint density at radius 2 is 1.83 bits per heavy atom. The lowest BCUT2D eigenvalue weighted by Crippen LogP contribution is -2.03. The lowest BCUT2D eigenvalue weighted by molar-refractivity contribution is -0.137. The summed E-state index contributed by atoms with van der Waals surface area (Å²) in [5, 5.41) is 3.70. The number of aromatic nitrogens is 2. The maximum atomic E-state index is 12.4. The molecule has 0 atom stereocenters. The largest absolute Gasteiger partial charge is 0.419 e. The fraction of sp³-hybridized carbons (Fsp3) is 0.250. The molecule has 0 bridgehead atoms. The van der Waals surface area contributed by atoms with Crippen LogP contribution in [0.5, 0.6) is 0 Å². The Hall–Kier alpha value is -1.82. The van der Waals surface area contributed by atoms with Crippen LogP contribution in [0.4, 0.5) is 13.2 Å². The maximum Gasteiger partial charge on any atom is 0.419 e. The molecule has 96 valence electrons. The minimum Gasteiger partial charge on any atom is -0.330 e. The van der Waals surface area contributed by atoms with E-state index in [-0.39, 0.29) is 0 Å². The van der Waals surface area contributed by atoms with Gasteiger partial charge in [-0.15, -0.1) is 0 Å². The molecular weight excluding hydrogens is 243 g/mol. The van der Waals surface area contributed by atoms with Crippen molar-refractivity contribution in [1.82, 2.24) is 9.78 Å².